The van der Waals surface area contributed by atoms with E-state index in [0.717, 1.165) is 60.1 Å². The van der Waals surface area contributed by atoms with Gasteiger partial charge in [0.1, 0.15) is 5.69 Å². The zero-order valence-corrected chi connectivity index (χ0v) is 20.7. The molecule has 0 spiro atoms. The highest BCUT2D eigenvalue weighted by Gasteiger charge is 2.24. The Morgan fingerprint density at radius 1 is 1.09 bits per heavy atom. The van der Waals surface area contributed by atoms with E-state index in [4.69, 9.17) is 0 Å². The second-order valence-electron chi connectivity index (χ2n) is 7.79. The summed E-state index contributed by atoms with van der Waals surface area (Å²) >= 11 is 4.61. The summed E-state index contributed by atoms with van der Waals surface area (Å²) in [5.74, 6) is -0.497. The first-order chi connectivity index (χ1) is 15.7. The van der Waals surface area contributed by atoms with Gasteiger partial charge >= 0.3 is 5.91 Å². The molecule has 9 heteroatoms. The lowest BCUT2D eigenvalue weighted by atomic mass is 10.0. The summed E-state index contributed by atoms with van der Waals surface area (Å²) in [6.07, 6.45) is 0. The molecular formula is C24H22BrN4O3S+. The van der Waals surface area contributed by atoms with Crippen LogP contribution in [0.15, 0.2) is 64.0 Å². The van der Waals surface area contributed by atoms with E-state index in [1.165, 1.54) is 0 Å². The van der Waals surface area contributed by atoms with Crippen molar-refractivity contribution in [3.63, 3.8) is 0 Å². The van der Waals surface area contributed by atoms with E-state index in [2.05, 4.69) is 26.3 Å². The molecule has 2 N–H and O–H groups in total. The zero-order chi connectivity index (χ0) is 23.7. The maximum Gasteiger partial charge on any atom is 0.322 e. The van der Waals surface area contributed by atoms with Crippen LogP contribution in [0.5, 0.6) is 0 Å². The van der Waals surface area contributed by atoms with E-state index in [-0.39, 0.29) is 16.7 Å². The number of benzene rings is 2. The number of fused-ring (bicyclic) bond motifs is 1. The van der Waals surface area contributed by atoms with Gasteiger partial charge in [-0.05, 0) is 60.1 Å². The molecule has 0 aliphatic heterocycles. The number of hydrogen-bond donors (Lipinski definition) is 2. The number of carbonyl (C=O) groups excluding carboxylic acids is 1. The SMILES string of the molecule is Cc1cc(C)[n+](NC(=O)c2[nH]c3ccc(SC[N+](=O)[O-])cc3c2-c2ccc(Br)cc2)c(C)c1. The molecule has 0 saturated heterocycles. The summed E-state index contributed by atoms with van der Waals surface area (Å²) < 4.78 is 2.70. The van der Waals surface area contributed by atoms with Crippen molar-refractivity contribution >= 4 is 44.5 Å². The molecule has 1 amide bonds. The number of nitrogens with zero attached hydrogens (tertiary/aromatic N) is 2. The largest absolute Gasteiger partial charge is 0.350 e. The van der Waals surface area contributed by atoms with Crippen LogP contribution in [0.3, 0.4) is 0 Å². The van der Waals surface area contributed by atoms with Crippen molar-refractivity contribution in [1.82, 2.24) is 4.98 Å². The normalized spacial score (nSPS) is 11.0. The van der Waals surface area contributed by atoms with Crippen molar-refractivity contribution < 1.29 is 14.4 Å². The van der Waals surface area contributed by atoms with Gasteiger partial charge in [-0.25, -0.2) is 0 Å². The van der Waals surface area contributed by atoms with E-state index in [1.807, 2.05) is 75.4 Å². The Labute approximate surface area is 203 Å². The summed E-state index contributed by atoms with van der Waals surface area (Å²) in [7, 11) is 0. The predicted molar refractivity (Wildman–Crippen MR) is 134 cm³/mol. The molecule has 2 aromatic heterocycles. The molecular weight excluding hydrogens is 504 g/mol. The Kier molecular flexibility index (Phi) is 6.53. The number of aryl methyl sites for hydroxylation is 3. The molecule has 0 aliphatic rings. The summed E-state index contributed by atoms with van der Waals surface area (Å²) in [6.45, 7) is 5.91. The Morgan fingerprint density at radius 3 is 2.39 bits per heavy atom. The molecule has 2 aromatic carbocycles. The van der Waals surface area contributed by atoms with E-state index in [1.54, 1.807) is 4.68 Å². The first kappa shape index (κ1) is 23.0. The molecule has 0 bridgehead atoms. The van der Waals surface area contributed by atoms with Crippen LogP contribution >= 0.6 is 27.7 Å². The Bertz CT molecular complexity index is 1360. The summed E-state index contributed by atoms with van der Waals surface area (Å²) in [5.41, 5.74) is 8.79. The minimum atomic E-state index is -0.357. The maximum atomic E-state index is 13.5. The second kappa shape index (κ2) is 9.36. The van der Waals surface area contributed by atoms with E-state index in [0.29, 0.717) is 5.69 Å². The van der Waals surface area contributed by atoms with Gasteiger partial charge in [0.15, 0.2) is 0 Å². The smallest absolute Gasteiger partial charge is 0.322 e. The van der Waals surface area contributed by atoms with Gasteiger partial charge in [-0.3, -0.25) is 14.9 Å². The molecule has 0 saturated carbocycles. The minimum absolute atomic E-state index is 0.223. The molecule has 0 unspecified atom stereocenters. The van der Waals surface area contributed by atoms with Crippen molar-refractivity contribution in [3.05, 3.63) is 91.8 Å². The van der Waals surface area contributed by atoms with Crippen LogP contribution < -0.4 is 10.1 Å². The Balaban J connectivity index is 1.83. The average Bonchev–Trinajstić information content (AvgIpc) is 3.14. The van der Waals surface area contributed by atoms with E-state index < -0.39 is 0 Å². The molecule has 2 heterocycles. The molecule has 33 heavy (non-hydrogen) atoms. The Hall–Kier alpha value is -3.17. The Morgan fingerprint density at radius 2 is 1.76 bits per heavy atom. The molecule has 7 nitrogen and oxygen atoms in total. The quantitative estimate of drug-likeness (QED) is 0.114. The molecule has 0 radical (unpaired) electrons. The van der Waals surface area contributed by atoms with Gasteiger partial charge in [-0.2, -0.15) is 0 Å². The highest BCUT2D eigenvalue weighted by atomic mass is 79.9. The second-order valence-corrected chi connectivity index (χ2v) is 9.72. The summed E-state index contributed by atoms with van der Waals surface area (Å²) in [5, 5.41) is 11.7. The number of rotatable bonds is 6. The number of aromatic amines is 1. The number of hydrogen-bond acceptors (Lipinski definition) is 4. The van der Waals surface area contributed by atoms with Crippen LogP contribution in [0.1, 0.15) is 27.4 Å². The molecule has 0 atom stereocenters. The number of carbonyl (C=O) groups is 1. The van der Waals surface area contributed by atoms with Crippen molar-refractivity contribution in [1.29, 1.82) is 0 Å². The van der Waals surface area contributed by atoms with Crippen LogP contribution in [0.2, 0.25) is 0 Å². The molecule has 0 fully saturated rings. The lowest BCUT2D eigenvalue weighted by Gasteiger charge is -2.08. The molecule has 168 valence electrons. The average molecular weight is 526 g/mol. The number of nitrogens with one attached hydrogen (secondary N) is 2. The highest BCUT2D eigenvalue weighted by molar-refractivity contribution is 9.10. The van der Waals surface area contributed by atoms with Crippen LogP contribution in [-0.2, 0) is 0 Å². The number of pyridine rings is 1. The van der Waals surface area contributed by atoms with Crippen LogP contribution in [0, 0.1) is 30.9 Å². The lowest BCUT2D eigenvalue weighted by Crippen LogP contribution is -2.53. The van der Waals surface area contributed by atoms with Crippen LogP contribution in [0.4, 0.5) is 0 Å². The maximum absolute atomic E-state index is 13.5. The summed E-state index contributed by atoms with van der Waals surface area (Å²) in [4.78, 5) is 28.0. The molecule has 4 aromatic rings. The standard InChI is InChI=1S/C24H21BrN4O3S/c1-14-10-15(2)29(16(3)11-14)27-24(30)23-22(17-4-6-18(25)7-5-17)20-12-19(33-13-28(31)32)8-9-21(20)26-23/h4-12H,13H2,1-3H3,(H-,26,27,30)/p+1. The van der Waals surface area contributed by atoms with Crippen LogP contribution in [0.25, 0.3) is 22.0 Å². The zero-order valence-electron chi connectivity index (χ0n) is 18.3. The monoisotopic (exact) mass is 525 g/mol. The number of H-pyrrole nitrogens is 1. The fraction of sp³-hybridized carbons (Fsp3) is 0.167. The lowest BCUT2D eigenvalue weighted by molar-refractivity contribution is -0.654. The van der Waals surface area contributed by atoms with Gasteiger partial charge in [0.05, 0.1) is 0 Å². The van der Waals surface area contributed by atoms with Crippen molar-refractivity contribution in [2.24, 2.45) is 0 Å². The molecule has 0 aliphatic carbocycles. The third-order valence-electron chi connectivity index (χ3n) is 5.26. The fourth-order valence-electron chi connectivity index (χ4n) is 3.92. The van der Waals surface area contributed by atoms with Crippen molar-refractivity contribution in [2.45, 2.75) is 25.7 Å². The third kappa shape index (κ3) is 4.94. The fourth-order valence-corrected chi connectivity index (χ4v) is 4.80. The summed E-state index contributed by atoms with van der Waals surface area (Å²) in [6, 6.07) is 17.3. The number of amides is 1. The van der Waals surface area contributed by atoms with Gasteiger partial charge in [-0.15, -0.1) is 5.43 Å². The topological polar surface area (TPSA) is 91.9 Å². The minimum Gasteiger partial charge on any atom is -0.350 e. The van der Waals surface area contributed by atoms with E-state index in [9.17, 15) is 14.9 Å². The first-order valence-electron chi connectivity index (χ1n) is 10.2. The predicted octanol–water partition coefficient (Wildman–Crippen LogP) is 5.52. The number of nitro groups is 1. The van der Waals surface area contributed by atoms with Crippen molar-refractivity contribution in [2.75, 3.05) is 11.3 Å². The van der Waals surface area contributed by atoms with Gasteiger partial charge in [-0.1, -0.05) is 32.7 Å². The van der Waals surface area contributed by atoms with Gasteiger partial charge in [0.2, 0.25) is 11.4 Å². The number of aromatic nitrogens is 2. The number of halogens is 1. The van der Waals surface area contributed by atoms with Crippen LogP contribution in [-0.4, -0.2) is 21.7 Å². The van der Waals surface area contributed by atoms with Gasteiger partial charge in [0, 0.05) is 56.7 Å². The van der Waals surface area contributed by atoms with Crippen molar-refractivity contribution in [3.8, 4) is 11.1 Å². The number of thioether (sulfide) groups is 1. The van der Waals surface area contributed by atoms with Gasteiger partial charge in [0.25, 0.3) is 5.88 Å². The van der Waals surface area contributed by atoms with Gasteiger partial charge < -0.3 is 4.98 Å². The third-order valence-corrected chi connectivity index (χ3v) is 6.71. The first-order valence-corrected chi connectivity index (χ1v) is 12.0. The van der Waals surface area contributed by atoms with E-state index >= 15 is 0 Å². The molecule has 4 rings (SSSR count). The highest BCUT2D eigenvalue weighted by Crippen LogP contribution is 2.35.